The van der Waals surface area contributed by atoms with E-state index in [-0.39, 0.29) is 0 Å². The average Bonchev–Trinajstić information content (AvgIpc) is 2.31. The molecule has 0 atom stereocenters. The van der Waals surface area contributed by atoms with Crippen LogP contribution in [0.2, 0.25) is 0 Å². The second-order valence-electron chi connectivity index (χ2n) is 4.94. The lowest BCUT2D eigenvalue weighted by atomic mass is 9.83. The van der Waals surface area contributed by atoms with Crippen LogP contribution in [0.15, 0.2) is 0 Å². The first kappa shape index (κ1) is 12.9. The number of anilines is 3. The molecule has 0 bridgehead atoms. The summed E-state index contributed by atoms with van der Waals surface area (Å²) in [5.41, 5.74) is 0. The third-order valence-electron chi connectivity index (χ3n) is 3.31. The van der Waals surface area contributed by atoms with Crippen LogP contribution in [0.25, 0.3) is 0 Å². The van der Waals surface area contributed by atoms with E-state index in [1.54, 1.807) is 0 Å². The maximum atomic E-state index is 4.37. The predicted molar refractivity (Wildman–Crippen MR) is 74.1 cm³/mol. The zero-order chi connectivity index (χ0) is 13.0. The Bertz CT molecular complexity index is 388. The third-order valence-corrected chi connectivity index (χ3v) is 3.31. The highest BCUT2D eigenvalue weighted by Gasteiger charge is 2.16. The second-order valence-corrected chi connectivity index (χ2v) is 4.94. The third kappa shape index (κ3) is 3.21. The lowest BCUT2D eigenvalue weighted by molar-refractivity contribution is 0.303. The van der Waals surface area contributed by atoms with Gasteiger partial charge in [0, 0.05) is 27.7 Å². The molecule has 2 rings (SSSR count). The standard InChI is InChI=1S/C12H22N6/c1-13-10-15-11(17-12(16-10)18(2)3)14-8-7-9-5-4-6-9/h9H,4-8H2,1-3H3,(H2,13,14,15,16,17). The van der Waals surface area contributed by atoms with Gasteiger partial charge in [-0.3, -0.25) is 0 Å². The summed E-state index contributed by atoms with van der Waals surface area (Å²) < 4.78 is 0. The number of hydrogen-bond donors (Lipinski definition) is 2. The highest BCUT2D eigenvalue weighted by molar-refractivity contribution is 5.42. The van der Waals surface area contributed by atoms with E-state index < -0.39 is 0 Å². The van der Waals surface area contributed by atoms with Crippen LogP contribution in [0.5, 0.6) is 0 Å². The number of nitrogens with zero attached hydrogens (tertiary/aromatic N) is 4. The molecule has 6 nitrogen and oxygen atoms in total. The molecule has 6 heteroatoms. The largest absolute Gasteiger partial charge is 0.357 e. The van der Waals surface area contributed by atoms with E-state index in [1.807, 2.05) is 26.0 Å². The molecule has 1 aromatic heterocycles. The van der Waals surface area contributed by atoms with Crippen LogP contribution in [0.4, 0.5) is 17.8 Å². The average molecular weight is 250 g/mol. The van der Waals surface area contributed by atoms with Gasteiger partial charge in [-0.05, 0) is 12.3 Å². The van der Waals surface area contributed by atoms with Gasteiger partial charge in [0.2, 0.25) is 17.8 Å². The van der Waals surface area contributed by atoms with Crippen LogP contribution < -0.4 is 15.5 Å². The Morgan fingerprint density at radius 3 is 2.44 bits per heavy atom. The van der Waals surface area contributed by atoms with Crippen molar-refractivity contribution in [1.82, 2.24) is 15.0 Å². The molecule has 2 N–H and O–H groups in total. The van der Waals surface area contributed by atoms with Gasteiger partial charge in [0.15, 0.2) is 0 Å². The first-order valence-corrected chi connectivity index (χ1v) is 6.54. The Balaban J connectivity index is 1.94. The van der Waals surface area contributed by atoms with Crippen molar-refractivity contribution in [2.45, 2.75) is 25.7 Å². The van der Waals surface area contributed by atoms with Crippen LogP contribution in [0, 0.1) is 5.92 Å². The van der Waals surface area contributed by atoms with Crippen molar-refractivity contribution in [1.29, 1.82) is 0 Å². The van der Waals surface area contributed by atoms with Crippen LogP contribution in [-0.4, -0.2) is 42.6 Å². The van der Waals surface area contributed by atoms with Crippen LogP contribution in [-0.2, 0) is 0 Å². The topological polar surface area (TPSA) is 66.0 Å². The molecule has 0 aliphatic heterocycles. The summed E-state index contributed by atoms with van der Waals surface area (Å²) in [6.45, 7) is 0.935. The molecule has 0 saturated heterocycles. The summed E-state index contributed by atoms with van der Waals surface area (Å²) in [5, 5.41) is 6.24. The molecule has 100 valence electrons. The van der Waals surface area contributed by atoms with Crippen LogP contribution in [0.3, 0.4) is 0 Å². The van der Waals surface area contributed by atoms with E-state index in [2.05, 4.69) is 25.6 Å². The molecular weight excluding hydrogens is 228 g/mol. The number of hydrogen-bond acceptors (Lipinski definition) is 6. The summed E-state index contributed by atoms with van der Waals surface area (Å²) in [5.74, 6) is 2.81. The van der Waals surface area contributed by atoms with Gasteiger partial charge in [0.05, 0.1) is 0 Å². The molecule has 1 heterocycles. The van der Waals surface area contributed by atoms with Gasteiger partial charge in [-0.1, -0.05) is 19.3 Å². The smallest absolute Gasteiger partial charge is 0.231 e. The van der Waals surface area contributed by atoms with Gasteiger partial charge < -0.3 is 15.5 Å². The highest BCUT2D eigenvalue weighted by Crippen LogP contribution is 2.29. The molecular formula is C12H22N6. The van der Waals surface area contributed by atoms with Crippen molar-refractivity contribution in [3.8, 4) is 0 Å². The monoisotopic (exact) mass is 250 g/mol. The number of nitrogens with one attached hydrogen (secondary N) is 2. The van der Waals surface area contributed by atoms with Gasteiger partial charge in [-0.2, -0.15) is 15.0 Å². The number of aromatic nitrogens is 3. The fraction of sp³-hybridized carbons (Fsp3) is 0.750. The molecule has 0 unspecified atom stereocenters. The summed E-state index contributed by atoms with van der Waals surface area (Å²) in [6, 6.07) is 0. The molecule has 0 aromatic carbocycles. The Hall–Kier alpha value is -1.59. The van der Waals surface area contributed by atoms with Crippen molar-refractivity contribution >= 4 is 17.8 Å². The second kappa shape index (κ2) is 5.84. The van der Waals surface area contributed by atoms with Crippen molar-refractivity contribution < 1.29 is 0 Å². The molecule has 1 aromatic rings. The fourth-order valence-electron chi connectivity index (χ4n) is 1.93. The van der Waals surface area contributed by atoms with E-state index in [4.69, 9.17) is 0 Å². The van der Waals surface area contributed by atoms with Gasteiger partial charge in [0.25, 0.3) is 0 Å². The molecule has 1 saturated carbocycles. The first-order chi connectivity index (χ1) is 8.69. The van der Waals surface area contributed by atoms with Crippen LogP contribution in [0.1, 0.15) is 25.7 Å². The summed E-state index contributed by atoms with van der Waals surface area (Å²) in [6.07, 6.45) is 5.36. The number of rotatable bonds is 6. The highest BCUT2D eigenvalue weighted by atomic mass is 15.3. The molecule has 1 fully saturated rings. The minimum Gasteiger partial charge on any atom is -0.357 e. The molecule has 1 aliphatic carbocycles. The van der Waals surface area contributed by atoms with E-state index in [0.29, 0.717) is 17.8 Å². The minimum atomic E-state index is 0.597. The summed E-state index contributed by atoms with van der Waals surface area (Å²) in [4.78, 5) is 14.8. The van der Waals surface area contributed by atoms with Crippen molar-refractivity contribution in [2.75, 3.05) is 43.2 Å². The maximum Gasteiger partial charge on any atom is 0.231 e. The zero-order valence-corrected chi connectivity index (χ0v) is 11.4. The van der Waals surface area contributed by atoms with Crippen molar-refractivity contribution in [3.05, 3.63) is 0 Å². The van der Waals surface area contributed by atoms with Gasteiger partial charge in [0.1, 0.15) is 0 Å². The van der Waals surface area contributed by atoms with E-state index in [1.165, 1.54) is 25.7 Å². The van der Waals surface area contributed by atoms with Gasteiger partial charge in [-0.15, -0.1) is 0 Å². The Kier molecular flexibility index (Phi) is 4.17. The van der Waals surface area contributed by atoms with Crippen molar-refractivity contribution in [2.24, 2.45) is 5.92 Å². The van der Waals surface area contributed by atoms with Gasteiger partial charge in [-0.25, -0.2) is 0 Å². The maximum absolute atomic E-state index is 4.37. The molecule has 1 aliphatic rings. The van der Waals surface area contributed by atoms with E-state index >= 15 is 0 Å². The lowest BCUT2D eigenvalue weighted by Gasteiger charge is -2.25. The van der Waals surface area contributed by atoms with E-state index in [0.717, 1.165) is 12.5 Å². The van der Waals surface area contributed by atoms with Crippen LogP contribution >= 0.6 is 0 Å². The lowest BCUT2D eigenvalue weighted by Crippen LogP contribution is -2.19. The molecule has 18 heavy (non-hydrogen) atoms. The predicted octanol–water partition coefficient (Wildman–Crippen LogP) is 1.58. The van der Waals surface area contributed by atoms with Gasteiger partial charge >= 0.3 is 0 Å². The Labute approximate surface area is 108 Å². The first-order valence-electron chi connectivity index (χ1n) is 6.54. The molecule has 0 spiro atoms. The fourth-order valence-corrected chi connectivity index (χ4v) is 1.93. The Morgan fingerprint density at radius 1 is 1.17 bits per heavy atom. The SMILES string of the molecule is CNc1nc(NCCC2CCC2)nc(N(C)C)n1. The normalized spacial score (nSPS) is 15.1. The zero-order valence-electron chi connectivity index (χ0n) is 11.4. The summed E-state index contributed by atoms with van der Waals surface area (Å²) in [7, 11) is 5.66. The summed E-state index contributed by atoms with van der Waals surface area (Å²) >= 11 is 0. The van der Waals surface area contributed by atoms with Crippen molar-refractivity contribution in [3.63, 3.8) is 0 Å². The molecule has 0 amide bonds. The minimum absolute atomic E-state index is 0.597. The Morgan fingerprint density at radius 2 is 1.89 bits per heavy atom. The molecule has 0 radical (unpaired) electrons. The van der Waals surface area contributed by atoms with E-state index in [9.17, 15) is 0 Å². The quantitative estimate of drug-likeness (QED) is 0.799.